The van der Waals surface area contributed by atoms with Gasteiger partial charge in [0, 0.05) is 18.8 Å². The fraction of sp³-hybridized carbons (Fsp3) is 0.222. The Labute approximate surface area is 81.4 Å². The minimum absolute atomic E-state index is 0.0577. The monoisotopic (exact) mass is 193 g/mol. The van der Waals surface area contributed by atoms with Gasteiger partial charge in [0.25, 0.3) is 0 Å². The van der Waals surface area contributed by atoms with Crippen LogP contribution >= 0.6 is 0 Å². The molecule has 14 heavy (non-hydrogen) atoms. The maximum atomic E-state index is 8.31. The molecule has 2 aromatic heterocycles. The van der Waals surface area contributed by atoms with Crippen molar-refractivity contribution >= 4 is 0 Å². The first-order valence-corrected chi connectivity index (χ1v) is 4.14. The summed E-state index contributed by atoms with van der Waals surface area (Å²) in [5.74, 6) is 0.479. The van der Waals surface area contributed by atoms with E-state index < -0.39 is 0 Å². The summed E-state index contributed by atoms with van der Waals surface area (Å²) in [6.45, 7) is 0.0577. The topological polar surface area (TPSA) is 72.0 Å². The quantitative estimate of drug-likeness (QED) is 0.759. The summed E-state index contributed by atoms with van der Waals surface area (Å²) in [5, 5.41) is 15.3. The number of aliphatic hydroxyl groups is 1. The van der Waals surface area contributed by atoms with Crippen molar-refractivity contribution in [3.63, 3.8) is 0 Å². The van der Waals surface area contributed by atoms with Gasteiger partial charge >= 0.3 is 0 Å². The highest BCUT2D eigenvalue weighted by atomic mass is 16.4. The second-order valence-electron chi connectivity index (χ2n) is 2.33. The van der Waals surface area contributed by atoms with Crippen LogP contribution in [0.4, 0.5) is 0 Å². The lowest BCUT2D eigenvalue weighted by atomic mass is 10.5. The average Bonchev–Trinajstić information content (AvgIpc) is 2.75. The zero-order valence-corrected chi connectivity index (χ0v) is 7.58. The van der Waals surface area contributed by atoms with Gasteiger partial charge in [-0.1, -0.05) is 6.07 Å². The first kappa shape index (κ1) is 10.3. The van der Waals surface area contributed by atoms with Crippen molar-refractivity contribution in [3.8, 4) is 0 Å². The first-order valence-electron chi connectivity index (χ1n) is 4.14. The van der Waals surface area contributed by atoms with Crippen molar-refractivity contribution in [1.29, 1.82) is 0 Å². The van der Waals surface area contributed by atoms with Gasteiger partial charge in [-0.25, -0.2) is 0 Å². The van der Waals surface area contributed by atoms with E-state index >= 15 is 0 Å². The van der Waals surface area contributed by atoms with Crippen molar-refractivity contribution in [1.82, 2.24) is 15.2 Å². The Morgan fingerprint density at radius 1 is 1.21 bits per heavy atom. The summed E-state index contributed by atoms with van der Waals surface area (Å²) < 4.78 is 4.69. The first-order chi connectivity index (χ1) is 6.93. The molecular formula is C9H11N3O2. The summed E-state index contributed by atoms with van der Waals surface area (Å²) in [4.78, 5) is 3.78. The van der Waals surface area contributed by atoms with Crippen LogP contribution in [-0.2, 0) is 6.42 Å². The summed E-state index contributed by atoms with van der Waals surface area (Å²) in [6, 6.07) is 5.72. The third kappa shape index (κ3) is 4.32. The molecule has 0 aromatic carbocycles. The summed E-state index contributed by atoms with van der Waals surface area (Å²) in [6.07, 6.45) is 5.19. The average molecular weight is 193 g/mol. The second-order valence-corrected chi connectivity index (χ2v) is 2.33. The second kappa shape index (κ2) is 6.73. The summed E-state index contributed by atoms with van der Waals surface area (Å²) in [7, 11) is 0. The highest BCUT2D eigenvalue weighted by Gasteiger charge is 1.93. The number of aromatic nitrogens is 3. The van der Waals surface area contributed by atoms with Crippen molar-refractivity contribution in [2.24, 2.45) is 0 Å². The molecule has 5 nitrogen and oxygen atoms in total. The van der Waals surface area contributed by atoms with E-state index in [1.54, 1.807) is 12.4 Å². The normalized spacial score (nSPS) is 8.93. The summed E-state index contributed by atoms with van der Waals surface area (Å²) in [5.41, 5.74) is 0. The molecule has 0 atom stereocenters. The van der Waals surface area contributed by atoms with Gasteiger partial charge in [0.2, 0.25) is 12.3 Å². The van der Waals surface area contributed by atoms with Gasteiger partial charge in [-0.05, 0) is 12.1 Å². The molecule has 2 aromatic rings. The largest absolute Gasteiger partial charge is 0.428 e. The molecule has 0 saturated heterocycles. The molecule has 0 saturated carbocycles. The fourth-order valence-corrected chi connectivity index (χ4v) is 0.713. The Hall–Kier alpha value is -1.75. The Balaban J connectivity index is 0.000000146. The lowest BCUT2D eigenvalue weighted by Crippen LogP contribution is -1.89. The Bertz CT molecular complexity index is 283. The van der Waals surface area contributed by atoms with Crippen LogP contribution in [0.5, 0.6) is 0 Å². The minimum atomic E-state index is 0.0577. The maximum absolute atomic E-state index is 8.31. The van der Waals surface area contributed by atoms with Crippen LogP contribution in [-0.4, -0.2) is 26.9 Å². The van der Waals surface area contributed by atoms with Crippen molar-refractivity contribution in [3.05, 3.63) is 42.9 Å². The van der Waals surface area contributed by atoms with E-state index in [9.17, 15) is 0 Å². The number of hydrogen-bond acceptors (Lipinski definition) is 5. The lowest BCUT2D eigenvalue weighted by molar-refractivity contribution is 0.285. The van der Waals surface area contributed by atoms with Gasteiger partial charge in [-0.2, -0.15) is 0 Å². The molecule has 0 unspecified atom stereocenters. The van der Waals surface area contributed by atoms with Crippen LogP contribution in [0.25, 0.3) is 0 Å². The number of pyridine rings is 1. The number of rotatable bonds is 2. The molecule has 0 fully saturated rings. The molecule has 0 aliphatic carbocycles. The fourth-order valence-electron chi connectivity index (χ4n) is 0.713. The van der Waals surface area contributed by atoms with E-state index in [-0.39, 0.29) is 6.61 Å². The molecule has 2 heterocycles. The van der Waals surface area contributed by atoms with Crippen LogP contribution < -0.4 is 0 Å². The van der Waals surface area contributed by atoms with Gasteiger partial charge in [-0.15, -0.1) is 10.2 Å². The highest BCUT2D eigenvalue weighted by molar-refractivity contribution is 4.88. The molecule has 0 bridgehead atoms. The summed E-state index contributed by atoms with van der Waals surface area (Å²) >= 11 is 0. The molecule has 5 heteroatoms. The van der Waals surface area contributed by atoms with Gasteiger partial charge in [0.1, 0.15) is 0 Å². The Morgan fingerprint density at radius 2 is 2.00 bits per heavy atom. The highest BCUT2D eigenvalue weighted by Crippen LogP contribution is 1.89. The predicted molar refractivity (Wildman–Crippen MR) is 49.3 cm³/mol. The molecular weight excluding hydrogens is 182 g/mol. The zero-order valence-electron chi connectivity index (χ0n) is 7.58. The zero-order chi connectivity index (χ0) is 10.1. The predicted octanol–water partition coefficient (Wildman–Crippen LogP) is 0.686. The van der Waals surface area contributed by atoms with Gasteiger partial charge in [0.05, 0.1) is 6.61 Å². The van der Waals surface area contributed by atoms with E-state index in [1.807, 2.05) is 18.2 Å². The van der Waals surface area contributed by atoms with E-state index in [0.29, 0.717) is 12.3 Å². The molecule has 0 spiro atoms. The van der Waals surface area contributed by atoms with Gasteiger partial charge in [0.15, 0.2) is 0 Å². The van der Waals surface area contributed by atoms with Gasteiger partial charge in [-0.3, -0.25) is 4.98 Å². The molecule has 0 aliphatic rings. The molecule has 2 rings (SSSR count). The van der Waals surface area contributed by atoms with E-state index in [2.05, 4.69) is 15.2 Å². The smallest absolute Gasteiger partial charge is 0.218 e. The Morgan fingerprint density at radius 3 is 2.36 bits per heavy atom. The number of aliphatic hydroxyl groups excluding tert-OH is 1. The maximum Gasteiger partial charge on any atom is 0.218 e. The van der Waals surface area contributed by atoms with E-state index in [0.717, 1.165) is 0 Å². The van der Waals surface area contributed by atoms with Gasteiger partial charge < -0.3 is 9.52 Å². The van der Waals surface area contributed by atoms with Crippen LogP contribution in [0.15, 0.2) is 41.4 Å². The number of nitrogens with zero attached hydrogens (tertiary/aromatic N) is 3. The molecule has 0 aliphatic heterocycles. The third-order valence-corrected chi connectivity index (χ3v) is 1.30. The van der Waals surface area contributed by atoms with E-state index in [4.69, 9.17) is 9.52 Å². The molecule has 74 valence electrons. The molecule has 1 N–H and O–H groups in total. The Kier molecular flexibility index (Phi) is 4.97. The van der Waals surface area contributed by atoms with Crippen LogP contribution in [0, 0.1) is 0 Å². The lowest BCUT2D eigenvalue weighted by Gasteiger charge is -1.82. The minimum Gasteiger partial charge on any atom is -0.428 e. The van der Waals surface area contributed by atoms with Crippen LogP contribution in [0.3, 0.4) is 0 Å². The SMILES string of the molecule is OCCc1nnco1.c1ccncc1. The van der Waals surface area contributed by atoms with Crippen molar-refractivity contribution in [2.75, 3.05) is 6.61 Å². The molecule has 0 amide bonds. The van der Waals surface area contributed by atoms with E-state index in [1.165, 1.54) is 6.39 Å². The standard InChI is InChI=1S/C5H5N.C4H6N2O2/c1-2-4-6-5-3-1;7-2-1-4-6-5-3-8-4/h1-5H;3,7H,1-2H2. The molecule has 0 radical (unpaired) electrons. The van der Waals surface area contributed by atoms with Crippen molar-refractivity contribution < 1.29 is 9.52 Å². The van der Waals surface area contributed by atoms with Crippen molar-refractivity contribution in [2.45, 2.75) is 6.42 Å². The third-order valence-electron chi connectivity index (χ3n) is 1.30. The van der Waals surface area contributed by atoms with Crippen LogP contribution in [0.2, 0.25) is 0 Å². The number of hydrogen-bond donors (Lipinski definition) is 1. The van der Waals surface area contributed by atoms with Crippen LogP contribution in [0.1, 0.15) is 5.89 Å².